The Morgan fingerprint density at radius 2 is 1.73 bits per heavy atom. The highest BCUT2D eigenvalue weighted by Crippen LogP contribution is 2.24. The lowest BCUT2D eigenvalue weighted by Crippen LogP contribution is -2.41. The van der Waals surface area contributed by atoms with E-state index in [0.717, 1.165) is 24.4 Å². The lowest BCUT2D eigenvalue weighted by Gasteiger charge is -2.26. The summed E-state index contributed by atoms with van der Waals surface area (Å²) in [7, 11) is 0. The fraction of sp³-hybridized carbons (Fsp3) is 0.318. The fourth-order valence-corrected chi connectivity index (χ4v) is 4.34. The van der Waals surface area contributed by atoms with Gasteiger partial charge in [-0.1, -0.05) is 53.7 Å². The van der Waals surface area contributed by atoms with Crippen molar-refractivity contribution in [3.8, 4) is 5.69 Å². The standard InChI is InChI=1S/C22H23ClN4O2S/c23-18-7-9-19(10-8-18)27-20(11-6-17-4-2-1-3-5-17)24-25-22(27)30-16-21(28)26-12-14-29-15-13-26/h1-5,7-10H,6,11-16H2. The molecule has 2 aromatic carbocycles. The van der Waals surface area contributed by atoms with Crippen LogP contribution in [0.1, 0.15) is 11.4 Å². The molecule has 0 unspecified atom stereocenters. The van der Waals surface area contributed by atoms with Gasteiger partial charge in [-0.3, -0.25) is 9.36 Å². The molecule has 30 heavy (non-hydrogen) atoms. The van der Waals surface area contributed by atoms with Crippen LogP contribution in [-0.2, 0) is 22.4 Å². The summed E-state index contributed by atoms with van der Waals surface area (Å²) < 4.78 is 7.35. The maximum atomic E-state index is 12.6. The van der Waals surface area contributed by atoms with E-state index >= 15 is 0 Å². The number of benzene rings is 2. The van der Waals surface area contributed by atoms with Crippen molar-refractivity contribution in [2.24, 2.45) is 0 Å². The number of rotatable bonds is 7. The maximum Gasteiger partial charge on any atom is 0.233 e. The van der Waals surface area contributed by atoms with Crippen LogP contribution in [-0.4, -0.2) is 57.6 Å². The van der Waals surface area contributed by atoms with Gasteiger partial charge in [0.15, 0.2) is 5.16 Å². The van der Waals surface area contributed by atoms with Gasteiger partial charge in [0, 0.05) is 30.2 Å². The molecule has 0 spiro atoms. The van der Waals surface area contributed by atoms with Crippen LogP contribution in [0, 0.1) is 0 Å². The molecule has 3 aromatic rings. The van der Waals surface area contributed by atoms with E-state index in [1.807, 2.05) is 51.9 Å². The first-order valence-electron chi connectivity index (χ1n) is 9.93. The SMILES string of the molecule is O=C(CSc1nnc(CCc2ccccc2)n1-c1ccc(Cl)cc1)N1CCOCC1. The number of aryl methyl sites for hydroxylation is 2. The molecule has 1 amide bonds. The second kappa shape index (κ2) is 10.1. The van der Waals surface area contributed by atoms with E-state index in [1.54, 1.807) is 0 Å². The molecule has 2 heterocycles. The Labute approximate surface area is 185 Å². The zero-order valence-corrected chi connectivity index (χ0v) is 18.1. The second-order valence-electron chi connectivity index (χ2n) is 6.98. The average Bonchev–Trinajstić information content (AvgIpc) is 3.20. The second-order valence-corrected chi connectivity index (χ2v) is 8.36. The Balaban J connectivity index is 1.52. The quantitative estimate of drug-likeness (QED) is 0.522. The van der Waals surface area contributed by atoms with Gasteiger partial charge in [-0.15, -0.1) is 10.2 Å². The molecule has 6 nitrogen and oxygen atoms in total. The number of morpholine rings is 1. The van der Waals surface area contributed by atoms with Crippen LogP contribution in [0.2, 0.25) is 5.02 Å². The van der Waals surface area contributed by atoms with Crippen molar-refractivity contribution in [2.75, 3.05) is 32.1 Å². The molecule has 1 aromatic heterocycles. The van der Waals surface area contributed by atoms with Crippen LogP contribution in [0.4, 0.5) is 0 Å². The summed E-state index contributed by atoms with van der Waals surface area (Å²) in [6, 6.07) is 17.9. The summed E-state index contributed by atoms with van der Waals surface area (Å²) in [6.45, 7) is 2.49. The number of halogens is 1. The van der Waals surface area contributed by atoms with E-state index < -0.39 is 0 Å². The maximum absolute atomic E-state index is 12.6. The lowest BCUT2D eigenvalue weighted by atomic mass is 10.1. The molecule has 156 valence electrons. The third-order valence-corrected chi connectivity index (χ3v) is 6.12. The molecule has 0 bridgehead atoms. The van der Waals surface area contributed by atoms with E-state index in [-0.39, 0.29) is 5.91 Å². The zero-order chi connectivity index (χ0) is 20.8. The summed E-state index contributed by atoms with van der Waals surface area (Å²) >= 11 is 7.49. The molecule has 1 fully saturated rings. The van der Waals surface area contributed by atoms with Crippen LogP contribution in [0.15, 0.2) is 59.8 Å². The molecule has 0 aliphatic carbocycles. The molecule has 8 heteroatoms. The van der Waals surface area contributed by atoms with Gasteiger partial charge in [0.05, 0.1) is 19.0 Å². The predicted octanol–water partition coefficient (Wildman–Crippen LogP) is 3.66. The van der Waals surface area contributed by atoms with Gasteiger partial charge < -0.3 is 9.64 Å². The van der Waals surface area contributed by atoms with Crippen LogP contribution in [0.3, 0.4) is 0 Å². The average molecular weight is 443 g/mol. The third-order valence-electron chi connectivity index (χ3n) is 4.95. The molecule has 0 atom stereocenters. The van der Waals surface area contributed by atoms with Crippen molar-refractivity contribution in [3.63, 3.8) is 0 Å². The summed E-state index contributed by atoms with van der Waals surface area (Å²) in [6.07, 6.45) is 1.61. The van der Waals surface area contributed by atoms with Crippen molar-refractivity contribution in [1.29, 1.82) is 0 Å². The van der Waals surface area contributed by atoms with Gasteiger partial charge in [0.2, 0.25) is 5.91 Å². The Bertz CT molecular complexity index is 973. The number of carbonyl (C=O) groups is 1. The molecule has 0 saturated carbocycles. The Morgan fingerprint density at radius 3 is 2.47 bits per heavy atom. The first-order chi connectivity index (χ1) is 14.7. The number of hydrogen-bond acceptors (Lipinski definition) is 5. The fourth-order valence-electron chi connectivity index (χ4n) is 3.34. The minimum absolute atomic E-state index is 0.0970. The van der Waals surface area contributed by atoms with Crippen LogP contribution in [0.5, 0.6) is 0 Å². The van der Waals surface area contributed by atoms with E-state index in [1.165, 1.54) is 17.3 Å². The van der Waals surface area contributed by atoms with Gasteiger partial charge >= 0.3 is 0 Å². The number of aromatic nitrogens is 3. The third kappa shape index (κ3) is 5.22. The summed E-state index contributed by atoms with van der Waals surface area (Å²) in [5, 5.41) is 10.2. The number of nitrogens with zero attached hydrogens (tertiary/aromatic N) is 4. The van der Waals surface area contributed by atoms with E-state index in [9.17, 15) is 4.79 Å². The van der Waals surface area contributed by atoms with Gasteiger partial charge in [-0.05, 0) is 36.2 Å². The number of amides is 1. The normalized spacial score (nSPS) is 14.1. The molecule has 1 saturated heterocycles. The van der Waals surface area contributed by atoms with Gasteiger partial charge in [-0.25, -0.2) is 0 Å². The number of ether oxygens (including phenoxy) is 1. The first kappa shape index (κ1) is 20.9. The molecule has 4 rings (SSSR count). The highest BCUT2D eigenvalue weighted by atomic mass is 35.5. The molecular formula is C22H23ClN4O2S. The summed E-state index contributed by atoms with van der Waals surface area (Å²) in [4.78, 5) is 14.4. The molecule has 1 aliphatic heterocycles. The van der Waals surface area contributed by atoms with Crippen molar-refractivity contribution < 1.29 is 9.53 Å². The van der Waals surface area contributed by atoms with Crippen LogP contribution in [0.25, 0.3) is 5.69 Å². The van der Waals surface area contributed by atoms with Crippen molar-refractivity contribution >= 4 is 29.3 Å². The zero-order valence-electron chi connectivity index (χ0n) is 16.5. The first-order valence-corrected chi connectivity index (χ1v) is 11.3. The molecule has 1 aliphatic rings. The van der Waals surface area contributed by atoms with Crippen LogP contribution >= 0.6 is 23.4 Å². The number of thioether (sulfide) groups is 1. The Morgan fingerprint density at radius 1 is 1.00 bits per heavy atom. The van der Waals surface area contributed by atoms with E-state index in [2.05, 4.69) is 22.3 Å². The van der Waals surface area contributed by atoms with Crippen molar-refractivity contribution in [3.05, 3.63) is 71.0 Å². The Kier molecular flexibility index (Phi) is 7.04. The van der Waals surface area contributed by atoms with Crippen molar-refractivity contribution in [2.45, 2.75) is 18.0 Å². The minimum atomic E-state index is 0.0970. The summed E-state index contributed by atoms with van der Waals surface area (Å²) in [5.74, 6) is 1.28. The monoisotopic (exact) mass is 442 g/mol. The topological polar surface area (TPSA) is 60.2 Å². The molecule has 0 radical (unpaired) electrons. The highest BCUT2D eigenvalue weighted by Gasteiger charge is 2.20. The predicted molar refractivity (Wildman–Crippen MR) is 118 cm³/mol. The lowest BCUT2D eigenvalue weighted by molar-refractivity contribution is -0.132. The highest BCUT2D eigenvalue weighted by molar-refractivity contribution is 7.99. The van der Waals surface area contributed by atoms with Gasteiger partial charge in [-0.2, -0.15) is 0 Å². The number of carbonyl (C=O) groups excluding carboxylic acids is 1. The van der Waals surface area contributed by atoms with Gasteiger partial charge in [0.1, 0.15) is 5.82 Å². The van der Waals surface area contributed by atoms with E-state index in [4.69, 9.17) is 16.3 Å². The van der Waals surface area contributed by atoms with E-state index in [0.29, 0.717) is 42.2 Å². The van der Waals surface area contributed by atoms with Gasteiger partial charge in [0.25, 0.3) is 0 Å². The molecular weight excluding hydrogens is 420 g/mol. The number of hydrogen-bond donors (Lipinski definition) is 0. The summed E-state index contributed by atoms with van der Waals surface area (Å²) in [5.41, 5.74) is 2.19. The van der Waals surface area contributed by atoms with Crippen molar-refractivity contribution in [1.82, 2.24) is 19.7 Å². The minimum Gasteiger partial charge on any atom is -0.378 e. The smallest absolute Gasteiger partial charge is 0.233 e. The molecule has 0 N–H and O–H groups in total. The largest absolute Gasteiger partial charge is 0.378 e. The Hall–Kier alpha value is -2.35. The van der Waals surface area contributed by atoms with Crippen LogP contribution < -0.4 is 0 Å².